The molecule has 4 rings (SSSR count). The Morgan fingerprint density at radius 3 is 2.27 bits per heavy atom. The summed E-state index contributed by atoms with van der Waals surface area (Å²) in [5.41, 5.74) is 2.92. The molecule has 1 amide bonds. The number of hydrogen-bond acceptors (Lipinski definition) is 5. The molecule has 0 spiro atoms. The maximum Gasteiger partial charge on any atom is 0.255 e. The fraction of sp³-hybridized carbons (Fsp3) is 0.240. The number of sulfonamides is 1. The van der Waals surface area contributed by atoms with E-state index in [1.165, 1.54) is 12.1 Å². The number of likely N-dealkylation sites (N-methyl/N-ethyl adjacent to an activating group) is 1. The Bertz CT molecular complexity index is 1190. The number of carbonyl (C=O) groups excluding carboxylic acids is 1. The van der Waals surface area contributed by atoms with Gasteiger partial charge in [0.2, 0.25) is 10.0 Å². The number of anilines is 2. The summed E-state index contributed by atoms with van der Waals surface area (Å²) in [6, 6.07) is 23.1. The molecule has 2 N–H and O–H groups in total. The number of piperazine rings is 1. The maximum atomic E-state index is 12.8. The molecule has 1 aliphatic rings. The van der Waals surface area contributed by atoms with Crippen LogP contribution in [-0.2, 0) is 16.6 Å². The molecule has 0 atom stereocenters. The van der Waals surface area contributed by atoms with Gasteiger partial charge in [0.25, 0.3) is 5.91 Å². The summed E-state index contributed by atoms with van der Waals surface area (Å²) in [5, 5.41) is 2.85. The second-order valence-corrected chi connectivity index (χ2v) is 9.90. The summed E-state index contributed by atoms with van der Waals surface area (Å²) < 4.78 is 28.0. The first-order valence-electron chi connectivity index (χ1n) is 10.9. The number of nitrogens with zero attached hydrogens (tertiary/aromatic N) is 2. The van der Waals surface area contributed by atoms with Crippen LogP contribution < -0.4 is 14.9 Å². The van der Waals surface area contributed by atoms with Crippen molar-refractivity contribution in [3.63, 3.8) is 0 Å². The van der Waals surface area contributed by atoms with Crippen molar-refractivity contribution < 1.29 is 13.2 Å². The quantitative estimate of drug-likeness (QED) is 0.561. The van der Waals surface area contributed by atoms with Crippen LogP contribution in [0, 0.1) is 0 Å². The highest BCUT2D eigenvalue weighted by atomic mass is 32.2. The molecule has 0 aromatic heterocycles. The zero-order valence-corrected chi connectivity index (χ0v) is 19.4. The summed E-state index contributed by atoms with van der Waals surface area (Å²) in [4.78, 5) is 17.4. The molecule has 7 nitrogen and oxygen atoms in total. The minimum atomic E-state index is -3.75. The van der Waals surface area contributed by atoms with E-state index in [1.54, 1.807) is 12.1 Å². The third-order valence-electron chi connectivity index (χ3n) is 5.71. The van der Waals surface area contributed by atoms with Crippen LogP contribution in [0.1, 0.15) is 15.9 Å². The molecule has 1 saturated heterocycles. The van der Waals surface area contributed by atoms with E-state index in [0.29, 0.717) is 5.69 Å². The van der Waals surface area contributed by atoms with Crippen LogP contribution >= 0.6 is 0 Å². The molecule has 0 bridgehead atoms. The normalized spacial score (nSPS) is 14.8. The second-order valence-electron chi connectivity index (χ2n) is 8.13. The molecule has 1 heterocycles. The van der Waals surface area contributed by atoms with Crippen molar-refractivity contribution in [2.75, 3.05) is 43.4 Å². The molecular formula is C25H28N4O3S. The average molecular weight is 465 g/mol. The molecule has 0 radical (unpaired) electrons. The Kier molecular flexibility index (Phi) is 7.08. The van der Waals surface area contributed by atoms with Crippen molar-refractivity contribution in [3.05, 3.63) is 90.0 Å². The average Bonchev–Trinajstić information content (AvgIpc) is 2.85. The van der Waals surface area contributed by atoms with Crippen LogP contribution in [-0.4, -0.2) is 52.5 Å². The number of carbonyl (C=O) groups is 1. The van der Waals surface area contributed by atoms with Crippen LogP contribution in [0.2, 0.25) is 0 Å². The van der Waals surface area contributed by atoms with E-state index in [2.05, 4.69) is 26.9 Å². The van der Waals surface area contributed by atoms with Crippen LogP contribution in [0.5, 0.6) is 0 Å². The third kappa shape index (κ3) is 5.98. The van der Waals surface area contributed by atoms with Crippen molar-refractivity contribution in [3.8, 4) is 0 Å². The number of nitrogens with one attached hydrogen (secondary N) is 2. The minimum absolute atomic E-state index is 0.0523. The molecule has 0 aliphatic carbocycles. The van der Waals surface area contributed by atoms with Gasteiger partial charge >= 0.3 is 0 Å². The van der Waals surface area contributed by atoms with E-state index in [0.717, 1.165) is 37.4 Å². The SMILES string of the molecule is CN1CCN(c2ccc(NC(=O)c3cccc(S(=O)(=O)NCc4ccccc4)c3)cc2)CC1. The lowest BCUT2D eigenvalue weighted by Gasteiger charge is -2.34. The van der Waals surface area contributed by atoms with E-state index < -0.39 is 10.0 Å². The Morgan fingerprint density at radius 2 is 1.58 bits per heavy atom. The largest absolute Gasteiger partial charge is 0.369 e. The van der Waals surface area contributed by atoms with Gasteiger partial charge in [-0.3, -0.25) is 4.79 Å². The van der Waals surface area contributed by atoms with Gasteiger partial charge < -0.3 is 15.1 Å². The molecule has 3 aromatic carbocycles. The lowest BCUT2D eigenvalue weighted by atomic mass is 10.2. The minimum Gasteiger partial charge on any atom is -0.369 e. The zero-order chi connectivity index (χ0) is 23.3. The molecule has 0 unspecified atom stereocenters. The Labute approximate surface area is 195 Å². The Hall–Kier alpha value is -3.20. The van der Waals surface area contributed by atoms with Crippen molar-refractivity contribution in [1.82, 2.24) is 9.62 Å². The van der Waals surface area contributed by atoms with Crippen LogP contribution in [0.4, 0.5) is 11.4 Å². The van der Waals surface area contributed by atoms with Gasteiger partial charge in [0, 0.05) is 49.7 Å². The fourth-order valence-electron chi connectivity index (χ4n) is 3.69. The summed E-state index contributed by atoms with van der Waals surface area (Å²) in [7, 11) is -1.63. The Balaban J connectivity index is 1.40. The van der Waals surface area contributed by atoms with Crippen LogP contribution in [0.15, 0.2) is 83.8 Å². The number of amides is 1. The summed E-state index contributed by atoms with van der Waals surface area (Å²) in [6.07, 6.45) is 0. The predicted octanol–water partition coefficient (Wildman–Crippen LogP) is 3.17. The number of rotatable bonds is 7. The van der Waals surface area contributed by atoms with Crippen molar-refractivity contribution >= 4 is 27.3 Å². The molecule has 1 fully saturated rings. The van der Waals surface area contributed by atoms with Crippen LogP contribution in [0.25, 0.3) is 0 Å². The van der Waals surface area contributed by atoms with Crippen molar-refractivity contribution in [2.24, 2.45) is 0 Å². The topological polar surface area (TPSA) is 81.8 Å². The zero-order valence-electron chi connectivity index (χ0n) is 18.6. The van der Waals surface area contributed by atoms with Gasteiger partial charge in [-0.2, -0.15) is 0 Å². The van der Waals surface area contributed by atoms with E-state index in [9.17, 15) is 13.2 Å². The molecule has 3 aromatic rings. The van der Waals surface area contributed by atoms with Gasteiger partial charge in [0.1, 0.15) is 0 Å². The first-order chi connectivity index (χ1) is 15.9. The molecule has 33 heavy (non-hydrogen) atoms. The predicted molar refractivity (Wildman–Crippen MR) is 131 cm³/mol. The lowest BCUT2D eigenvalue weighted by Crippen LogP contribution is -2.44. The summed E-state index contributed by atoms with van der Waals surface area (Å²) in [6.45, 7) is 4.18. The second kappa shape index (κ2) is 10.2. The lowest BCUT2D eigenvalue weighted by molar-refractivity contribution is 0.102. The van der Waals surface area contributed by atoms with Gasteiger partial charge in [-0.1, -0.05) is 36.4 Å². The standard InChI is InChI=1S/C25H28N4O3S/c1-28-14-16-29(17-15-28)23-12-10-22(11-13-23)27-25(30)21-8-5-9-24(18-21)33(31,32)26-19-20-6-3-2-4-7-20/h2-13,18,26H,14-17,19H2,1H3,(H,27,30). The number of benzene rings is 3. The molecular weight excluding hydrogens is 436 g/mol. The third-order valence-corrected chi connectivity index (χ3v) is 7.11. The Morgan fingerprint density at radius 1 is 0.879 bits per heavy atom. The smallest absolute Gasteiger partial charge is 0.255 e. The number of hydrogen-bond donors (Lipinski definition) is 2. The van der Waals surface area contributed by atoms with Gasteiger partial charge in [-0.05, 0) is 55.1 Å². The van der Waals surface area contributed by atoms with Crippen molar-refractivity contribution in [1.29, 1.82) is 0 Å². The maximum absolute atomic E-state index is 12.8. The monoisotopic (exact) mass is 464 g/mol. The van der Waals surface area contributed by atoms with Gasteiger partial charge in [0.15, 0.2) is 0 Å². The summed E-state index contributed by atoms with van der Waals surface area (Å²) in [5.74, 6) is -0.359. The highest BCUT2D eigenvalue weighted by Gasteiger charge is 2.17. The molecule has 172 valence electrons. The van der Waals surface area contributed by atoms with E-state index >= 15 is 0 Å². The molecule has 0 saturated carbocycles. The molecule has 1 aliphatic heterocycles. The van der Waals surface area contributed by atoms with Gasteiger partial charge in [-0.15, -0.1) is 0 Å². The first kappa shape index (κ1) is 23.0. The van der Waals surface area contributed by atoms with Gasteiger partial charge in [-0.25, -0.2) is 13.1 Å². The fourth-order valence-corrected chi connectivity index (χ4v) is 4.75. The highest BCUT2D eigenvalue weighted by molar-refractivity contribution is 7.89. The van der Waals surface area contributed by atoms with E-state index in [-0.39, 0.29) is 22.9 Å². The van der Waals surface area contributed by atoms with E-state index in [4.69, 9.17) is 0 Å². The van der Waals surface area contributed by atoms with Gasteiger partial charge in [0.05, 0.1) is 4.90 Å². The van der Waals surface area contributed by atoms with E-state index in [1.807, 2.05) is 54.6 Å². The summed E-state index contributed by atoms with van der Waals surface area (Å²) >= 11 is 0. The van der Waals surface area contributed by atoms with Crippen LogP contribution in [0.3, 0.4) is 0 Å². The molecule has 8 heteroatoms. The first-order valence-corrected chi connectivity index (χ1v) is 12.4. The highest BCUT2D eigenvalue weighted by Crippen LogP contribution is 2.20. The van der Waals surface area contributed by atoms with Crippen molar-refractivity contribution in [2.45, 2.75) is 11.4 Å².